The second-order valence-electron chi connectivity index (χ2n) is 2.12. The number of nitrogens with zero attached hydrogens (tertiary/aromatic N) is 4. The van der Waals surface area contributed by atoms with E-state index in [1.807, 2.05) is 0 Å². The first kappa shape index (κ1) is 8.44. The third-order valence-electron chi connectivity index (χ3n) is 1.37. The molecular weight excluding hydrogens is 162 g/mol. The van der Waals surface area contributed by atoms with Crippen molar-refractivity contribution in [3.63, 3.8) is 0 Å². The van der Waals surface area contributed by atoms with Gasteiger partial charge in [-0.1, -0.05) is 5.21 Å². The highest BCUT2D eigenvalue weighted by Gasteiger charge is 2.11. The number of aromatic nitrogens is 4. The Morgan fingerprint density at radius 2 is 2.50 bits per heavy atom. The number of tetrazole rings is 1. The molecule has 1 aromatic rings. The highest BCUT2D eigenvalue weighted by Crippen LogP contribution is 1.95. The van der Waals surface area contributed by atoms with Crippen molar-refractivity contribution >= 4 is 6.09 Å². The van der Waals surface area contributed by atoms with Crippen LogP contribution >= 0.6 is 0 Å². The standard InChI is InChI=1S/C5H9N5O2/c1-2-10(5(11)12)3-4-6-8-9-7-4/h2-3H2,1H3,(H,11,12)(H,6,7,8,9). The minimum absolute atomic E-state index is 0.169. The highest BCUT2D eigenvalue weighted by atomic mass is 16.4. The smallest absolute Gasteiger partial charge is 0.407 e. The van der Waals surface area contributed by atoms with Crippen LogP contribution in [0.5, 0.6) is 0 Å². The third kappa shape index (κ3) is 1.91. The van der Waals surface area contributed by atoms with Crippen molar-refractivity contribution in [2.45, 2.75) is 13.5 Å². The molecule has 7 nitrogen and oxygen atoms in total. The molecule has 1 rings (SSSR count). The Kier molecular flexibility index (Phi) is 2.57. The summed E-state index contributed by atoms with van der Waals surface area (Å²) in [4.78, 5) is 11.7. The number of amides is 1. The predicted octanol–water partition coefficient (Wildman–Crippen LogP) is -0.300. The molecule has 0 bridgehead atoms. The van der Waals surface area contributed by atoms with Crippen LogP contribution in [-0.2, 0) is 6.54 Å². The zero-order chi connectivity index (χ0) is 8.97. The molecule has 0 aliphatic heterocycles. The molecule has 0 radical (unpaired) electrons. The molecule has 0 aliphatic rings. The van der Waals surface area contributed by atoms with Crippen LogP contribution in [0.3, 0.4) is 0 Å². The molecule has 7 heteroatoms. The van der Waals surface area contributed by atoms with Gasteiger partial charge in [0.05, 0.1) is 6.54 Å². The fourth-order valence-electron chi connectivity index (χ4n) is 0.735. The molecule has 0 fully saturated rings. The normalized spacial score (nSPS) is 9.75. The minimum Gasteiger partial charge on any atom is -0.465 e. The van der Waals surface area contributed by atoms with E-state index in [-0.39, 0.29) is 6.54 Å². The van der Waals surface area contributed by atoms with E-state index in [2.05, 4.69) is 20.6 Å². The van der Waals surface area contributed by atoms with Gasteiger partial charge in [-0.25, -0.2) is 4.79 Å². The minimum atomic E-state index is -0.984. The van der Waals surface area contributed by atoms with Gasteiger partial charge < -0.3 is 10.0 Å². The first-order valence-electron chi connectivity index (χ1n) is 3.44. The van der Waals surface area contributed by atoms with E-state index in [4.69, 9.17) is 5.11 Å². The number of nitrogens with one attached hydrogen (secondary N) is 1. The highest BCUT2D eigenvalue weighted by molar-refractivity contribution is 5.64. The molecule has 0 aliphatic carbocycles. The van der Waals surface area contributed by atoms with Crippen LogP contribution in [0.25, 0.3) is 0 Å². The maximum atomic E-state index is 10.5. The van der Waals surface area contributed by atoms with E-state index in [0.29, 0.717) is 12.4 Å². The lowest BCUT2D eigenvalue weighted by Gasteiger charge is -2.13. The van der Waals surface area contributed by atoms with Crippen molar-refractivity contribution < 1.29 is 9.90 Å². The molecule has 0 atom stereocenters. The summed E-state index contributed by atoms with van der Waals surface area (Å²) >= 11 is 0. The number of hydrogen-bond donors (Lipinski definition) is 2. The maximum absolute atomic E-state index is 10.5. The second-order valence-corrected chi connectivity index (χ2v) is 2.12. The van der Waals surface area contributed by atoms with Gasteiger partial charge in [0.1, 0.15) is 0 Å². The van der Waals surface area contributed by atoms with E-state index in [0.717, 1.165) is 0 Å². The Balaban J connectivity index is 2.54. The number of aromatic amines is 1. The van der Waals surface area contributed by atoms with Gasteiger partial charge in [-0.3, -0.25) is 0 Å². The molecule has 0 saturated carbocycles. The number of carboxylic acid groups (broad SMARTS) is 1. The molecule has 66 valence electrons. The fourth-order valence-corrected chi connectivity index (χ4v) is 0.735. The Labute approximate surface area is 68.4 Å². The molecule has 0 spiro atoms. The van der Waals surface area contributed by atoms with E-state index in [1.54, 1.807) is 6.92 Å². The lowest BCUT2D eigenvalue weighted by atomic mass is 10.5. The topological polar surface area (TPSA) is 95.0 Å². The SMILES string of the molecule is CCN(Cc1nn[nH]n1)C(=O)O. The molecule has 12 heavy (non-hydrogen) atoms. The quantitative estimate of drug-likeness (QED) is 0.651. The molecule has 1 heterocycles. The van der Waals surface area contributed by atoms with Crippen LogP contribution in [0.1, 0.15) is 12.7 Å². The Hall–Kier alpha value is -1.66. The van der Waals surface area contributed by atoms with E-state index >= 15 is 0 Å². The first-order chi connectivity index (χ1) is 5.74. The van der Waals surface area contributed by atoms with Gasteiger partial charge in [0.15, 0.2) is 5.82 Å². The number of carbonyl (C=O) groups is 1. The predicted molar refractivity (Wildman–Crippen MR) is 38.3 cm³/mol. The lowest BCUT2D eigenvalue weighted by molar-refractivity contribution is 0.144. The average Bonchev–Trinajstić information content (AvgIpc) is 2.51. The number of rotatable bonds is 3. The van der Waals surface area contributed by atoms with Crippen LogP contribution < -0.4 is 0 Å². The Morgan fingerprint density at radius 3 is 2.92 bits per heavy atom. The monoisotopic (exact) mass is 171 g/mol. The van der Waals surface area contributed by atoms with E-state index < -0.39 is 6.09 Å². The van der Waals surface area contributed by atoms with Crippen LogP contribution in [0, 0.1) is 0 Å². The molecule has 0 aromatic carbocycles. The summed E-state index contributed by atoms with van der Waals surface area (Å²) in [5, 5.41) is 21.4. The van der Waals surface area contributed by atoms with Crippen LogP contribution in [0.4, 0.5) is 4.79 Å². The molecular formula is C5H9N5O2. The summed E-state index contributed by atoms with van der Waals surface area (Å²) in [6.07, 6.45) is -0.984. The molecule has 0 unspecified atom stereocenters. The van der Waals surface area contributed by atoms with E-state index in [9.17, 15) is 4.79 Å². The summed E-state index contributed by atoms with van der Waals surface area (Å²) in [7, 11) is 0. The Morgan fingerprint density at radius 1 is 1.75 bits per heavy atom. The summed E-state index contributed by atoms with van der Waals surface area (Å²) in [5.41, 5.74) is 0. The molecule has 0 saturated heterocycles. The summed E-state index contributed by atoms with van der Waals surface area (Å²) in [6, 6.07) is 0. The van der Waals surface area contributed by atoms with Crippen molar-refractivity contribution in [3.8, 4) is 0 Å². The Bertz CT molecular complexity index is 246. The molecule has 1 amide bonds. The largest absolute Gasteiger partial charge is 0.465 e. The van der Waals surface area contributed by atoms with Gasteiger partial charge in [0.2, 0.25) is 0 Å². The summed E-state index contributed by atoms with van der Waals surface area (Å²) in [6.45, 7) is 2.32. The van der Waals surface area contributed by atoms with Gasteiger partial charge in [-0.2, -0.15) is 5.21 Å². The van der Waals surface area contributed by atoms with Crippen molar-refractivity contribution in [2.24, 2.45) is 0 Å². The van der Waals surface area contributed by atoms with Crippen molar-refractivity contribution in [1.29, 1.82) is 0 Å². The van der Waals surface area contributed by atoms with E-state index in [1.165, 1.54) is 4.90 Å². The number of hydrogen-bond acceptors (Lipinski definition) is 4. The van der Waals surface area contributed by atoms with Crippen molar-refractivity contribution in [1.82, 2.24) is 25.5 Å². The molecule has 2 N–H and O–H groups in total. The second kappa shape index (κ2) is 3.65. The van der Waals surface area contributed by atoms with Gasteiger partial charge in [0, 0.05) is 6.54 Å². The maximum Gasteiger partial charge on any atom is 0.407 e. The van der Waals surface area contributed by atoms with Gasteiger partial charge >= 0.3 is 6.09 Å². The van der Waals surface area contributed by atoms with Gasteiger partial charge in [-0.05, 0) is 6.92 Å². The molecule has 1 aromatic heterocycles. The van der Waals surface area contributed by atoms with Crippen LogP contribution in [0.2, 0.25) is 0 Å². The number of H-pyrrole nitrogens is 1. The average molecular weight is 171 g/mol. The van der Waals surface area contributed by atoms with Crippen LogP contribution in [0.15, 0.2) is 0 Å². The van der Waals surface area contributed by atoms with Crippen molar-refractivity contribution in [3.05, 3.63) is 5.82 Å². The zero-order valence-electron chi connectivity index (χ0n) is 6.56. The summed E-state index contributed by atoms with van der Waals surface area (Å²) < 4.78 is 0. The van der Waals surface area contributed by atoms with Gasteiger partial charge in [-0.15, -0.1) is 10.2 Å². The third-order valence-corrected chi connectivity index (χ3v) is 1.37. The fraction of sp³-hybridized carbons (Fsp3) is 0.600. The van der Waals surface area contributed by atoms with Crippen LogP contribution in [-0.4, -0.2) is 43.3 Å². The summed E-state index contributed by atoms with van der Waals surface area (Å²) in [5.74, 6) is 0.374. The van der Waals surface area contributed by atoms with Crippen molar-refractivity contribution in [2.75, 3.05) is 6.54 Å². The first-order valence-corrected chi connectivity index (χ1v) is 3.44. The zero-order valence-corrected chi connectivity index (χ0v) is 6.56. The van der Waals surface area contributed by atoms with Gasteiger partial charge in [0.25, 0.3) is 0 Å². The lowest BCUT2D eigenvalue weighted by Crippen LogP contribution is -2.28.